The van der Waals surface area contributed by atoms with Crippen LogP contribution in [0.5, 0.6) is 0 Å². The van der Waals surface area contributed by atoms with Crippen molar-refractivity contribution in [1.29, 1.82) is 0 Å². The summed E-state index contributed by atoms with van der Waals surface area (Å²) in [5, 5.41) is 8.94. The zero-order valence-corrected chi connectivity index (χ0v) is 9.94. The first kappa shape index (κ1) is 12.5. The van der Waals surface area contributed by atoms with Gasteiger partial charge in [0.25, 0.3) is 0 Å². The van der Waals surface area contributed by atoms with Crippen molar-refractivity contribution >= 4 is 5.91 Å². The maximum Gasteiger partial charge on any atom is 0.240 e. The Morgan fingerprint density at radius 3 is 2.73 bits per heavy atom. The molecule has 0 bridgehead atoms. The molecular weight excluding hydrogens is 192 g/mol. The summed E-state index contributed by atoms with van der Waals surface area (Å²) in [6, 6.07) is 0.162. The number of aliphatic hydroxyl groups is 1. The van der Waals surface area contributed by atoms with E-state index in [4.69, 9.17) is 5.11 Å². The van der Waals surface area contributed by atoms with Crippen LogP contribution in [-0.2, 0) is 4.79 Å². The number of carbonyl (C=O) groups excluding carboxylic acids is 1. The molecule has 1 saturated heterocycles. The van der Waals surface area contributed by atoms with Crippen molar-refractivity contribution in [2.45, 2.75) is 38.8 Å². The van der Waals surface area contributed by atoms with Crippen LogP contribution in [0, 0.1) is 0 Å². The van der Waals surface area contributed by atoms with Gasteiger partial charge in [0, 0.05) is 25.7 Å². The van der Waals surface area contributed by atoms with Gasteiger partial charge >= 0.3 is 0 Å². The van der Waals surface area contributed by atoms with E-state index in [0.29, 0.717) is 6.42 Å². The molecule has 2 unspecified atom stereocenters. The van der Waals surface area contributed by atoms with Crippen molar-refractivity contribution in [2.75, 3.05) is 26.7 Å². The van der Waals surface area contributed by atoms with Gasteiger partial charge in [0.15, 0.2) is 0 Å². The van der Waals surface area contributed by atoms with Crippen LogP contribution in [0.25, 0.3) is 0 Å². The minimum atomic E-state index is -0.127. The monoisotopic (exact) mass is 214 g/mol. The first-order valence-electron chi connectivity index (χ1n) is 5.73. The van der Waals surface area contributed by atoms with Gasteiger partial charge in [-0.2, -0.15) is 0 Å². The molecule has 15 heavy (non-hydrogen) atoms. The summed E-state index contributed by atoms with van der Waals surface area (Å²) in [6.07, 6.45) is 1.54. The van der Waals surface area contributed by atoms with Crippen molar-refractivity contribution in [3.63, 3.8) is 0 Å². The molecule has 0 spiro atoms. The van der Waals surface area contributed by atoms with E-state index >= 15 is 0 Å². The minimum absolute atomic E-state index is 0.0785. The smallest absolute Gasteiger partial charge is 0.240 e. The number of rotatable bonds is 4. The van der Waals surface area contributed by atoms with Gasteiger partial charge in [-0.05, 0) is 26.8 Å². The quantitative estimate of drug-likeness (QED) is 0.732. The highest BCUT2D eigenvalue weighted by molar-refractivity contribution is 5.83. The number of nitrogens with zero attached hydrogens (tertiary/aromatic N) is 2. The fraction of sp³-hybridized carbons (Fsp3) is 0.909. The van der Waals surface area contributed by atoms with Crippen molar-refractivity contribution < 1.29 is 9.90 Å². The van der Waals surface area contributed by atoms with E-state index in [2.05, 4.69) is 18.7 Å². The second-order valence-corrected chi connectivity index (χ2v) is 4.35. The summed E-state index contributed by atoms with van der Waals surface area (Å²) in [4.78, 5) is 16.1. The van der Waals surface area contributed by atoms with Crippen LogP contribution in [0.2, 0.25) is 0 Å². The van der Waals surface area contributed by atoms with Gasteiger partial charge in [-0.3, -0.25) is 9.69 Å². The average Bonchev–Trinajstić information content (AvgIpc) is 2.19. The Morgan fingerprint density at radius 1 is 1.53 bits per heavy atom. The average molecular weight is 214 g/mol. The Hall–Kier alpha value is -0.610. The largest absolute Gasteiger partial charge is 0.396 e. The molecule has 4 nitrogen and oxygen atoms in total. The summed E-state index contributed by atoms with van der Waals surface area (Å²) in [5.74, 6) is 0.173. The molecular formula is C11H22N2O2. The maximum atomic E-state index is 12.1. The molecule has 0 aliphatic carbocycles. The standard InChI is InChI=1S/C11H22N2O2/c1-4-6-13-9(2)8-12(3)10(5-7-14)11(13)15/h9-10,14H,4-8H2,1-3H3. The van der Waals surface area contributed by atoms with Crippen molar-refractivity contribution in [3.8, 4) is 0 Å². The highest BCUT2D eigenvalue weighted by Gasteiger charge is 2.35. The van der Waals surface area contributed by atoms with Crippen LogP contribution in [0.4, 0.5) is 0 Å². The van der Waals surface area contributed by atoms with Gasteiger partial charge in [0.1, 0.15) is 0 Å². The number of piperazine rings is 1. The van der Waals surface area contributed by atoms with Crippen LogP contribution in [0.15, 0.2) is 0 Å². The van der Waals surface area contributed by atoms with Crippen molar-refractivity contribution in [3.05, 3.63) is 0 Å². The molecule has 1 N–H and O–H groups in total. The lowest BCUT2D eigenvalue weighted by Crippen LogP contribution is -2.59. The fourth-order valence-corrected chi connectivity index (χ4v) is 2.28. The predicted octanol–water partition coefficient (Wildman–Crippen LogP) is 0.310. The molecule has 1 aliphatic rings. The molecule has 2 atom stereocenters. The van der Waals surface area contributed by atoms with E-state index in [0.717, 1.165) is 19.5 Å². The minimum Gasteiger partial charge on any atom is -0.396 e. The van der Waals surface area contributed by atoms with Gasteiger partial charge in [-0.15, -0.1) is 0 Å². The summed E-state index contributed by atoms with van der Waals surface area (Å²) in [6.45, 7) is 5.97. The van der Waals surface area contributed by atoms with Crippen LogP contribution < -0.4 is 0 Å². The van der Waals surface area contributed by atoms with E-state index in [-0.39, 0.29) is 24.6 Å². The fourth-order valence-electron chi connectivity index (χ4n) is 2.28. The van der Waals surface area contributed by atoms with Crippen molar-refractivity contribution in [2.24, 2.45) is 0 Å². The van der Waals surface area contributed by atoms with E-state index in [1.54, 1.807) is 0 Å². The summed E-state index contributed by atoms with van der Waals surface area (Å²) in [5.41, 5.74) is 0. The van der Waals surface area contributed by atoms with Gasteiger partial charge in [-0.1, -0.05) is 6.92 Å². The highest BCUT2D eigenvalue weighted by Crippen LogP contribution is 2.17. The second-order valence-electron chi connectivity index (χ2n) is 4.35. The third-order valence-electron chi connectivity index (χ3n) is 3.05. The summed E-state index contributed by atoms with van der Waals surface area (Å²) < 4.78 is 0. The van der Waals surface area contributed by atoms with Gasteiger partial charge in [0.2, 0.25) is 5.91 Å². The molecule has 1 rings (SSSR count). The Labute approximate surface area is 91.9 Å². The van der Waals surface area contributed by atoms with E-state index < -0.39 is 0 Å². The molecule has 1 aliphatic heterocycles. The molecule has 0 radical (unpaired) electrons. The number of aliphatic hydroxyl groups excluding tert-OH is 1. The molecule has 0 aromatic carbocycles. The van der Waals surface area contributed by atoms with E-state index in [9.17, 15) is 4.79 Å². The molecule has 0 aromatic heterocycles. The Bertz CT molecular complexity index is 201. The summed E-state index contributed by atoms with van der Waals surface area (Å²) >= 11 is 0. The first-order chi connectivity index (χ1) is 7.11. The zero-order valence-electron chi connectivity index (χ0n) is 9.94. The van der Waals surface area contributed by atoms with Crippen LogP contribution in [0.3, 0.4) is 0 Å². The molecule has 1 fully saturated rings. The summed E-state index contributed by atoms with van der Waals surface area (Å²) in [7, 11) is 1.96. The molecule has 1 heterocycles. The van der Waals surface area contributed by atoms with Crippen LogP contribution in [-0.4, -0.2) is 59.6 Å². The number of amides is 1. The molecule has 0 saturated carbocycles. The van der Waals surface area contributed by atoms with E-state index in [1.807, 2.05) is 11.9 Å². The molecule has 0 aromatic rings. The lowest BCUT2D eigenvalue weighted by atomic mass is 10.0. The van der Waals surface area contributed by atoms with Crippen LogP contribution in [0.1, 0.15) is 26.7 Å². The molecule has 4 heteroatoms. The SMILES string of the molecule is CCCN1C(=O)C(CCO)N(C)CC1C. The van der Waals surface area contributed by atoms with Crippen LogP contribution >= 0.6 is 0 Å². The second kappa shape index (κ2) is 5.47. The predicted molar refractivity (Wildman–Crippen MR) is 59.6 cm³/mol. The number of likely N-dealkylation sites (N-methyl/N-ethyl adjacent to an activating group) is 1. The van der Waals surface area contributed by atoms with Crippen molar-refractivity contribution in [1.82, 2.24) is 9.80 Å². The molecule has 88 valence electrons. The van der Waals surface area contributed by atoms with Gasteiger partial charge in [-0.25, -0.2) is 0 Å². The maximum absolute atomic E-state index is 12.1. The lowest BCUT2D eigenvalue weighted by molar-refractivity contribution is -0.145. The number of hydrogen-bond acceptors (Lipinski definition) is 3. The lowest BCUT2D eigenvalue weighted by Gasteiger charge is -2.43. The third-order valence-corrected chi connectivity index (χ3v) is 3.05. The third kappa shape index (κ3) is 2.69. The van der Waals surface area contributed by atoms with Gasteiger partial charge < -0.3 is 10.0 Å². The Kier molecular flexibility index (Phi) is 4.54. The topological polar surface area (TPSA) is 43.8 Å². The first-order valence-corrected chi connectivity index (χ1v) is 5.73. The van der Waals surface area contributed by atoms with Gasteiger partial charge in [0.05, 0.1) is 6.04 Å². The number of carbonyl (C=O) groups is 1. The normalized spacial score (nSPS) is 28.5. The number of hydrogen-bond donors (Lipinski definition) is 1. The highest BCUT2D eigenvalue weighted by atomic mass is 16.3. The zero-order chi connectivity index (χ0) is 11.4. The Balaban J connectivity index is 2.70. The molecule has 1 amide bonds. The Morgan fingerprint density at radius 2 is 2.20 bits per heavy atom. The van der Waals surface area contributed by atoms with E-state index in [1.165, 1.54) is 0 Å².